The number of methoxy groups -OCH3 is 1. The van der Waals surface area contributed by atoms with Crippen molar-refractivity contribution in [3.8, 4) is 11.6 Å². The maximum Gasteiger partial charge on any atom is 0.377 e. The number of rotatable bonds is 4. The van der Waals surface area contributed by atoms with Gasteiger partial charge in [-0.25, -0.2) is 19.4 Å². The van der Waals surface area contributed by atoms with Crippen molar-refractivity contribution in [2.24, 2.45) is 0 Å². The Balaban J connectivity index is 2.23. The van der Waals surface area contributed by atoms with E-state index < -0.39 is 18.6 Å². The number of nitrogens with zero attached hydrogens (tertiary/aromatic N) is 4. The Hall–Kier alpha value is -3.23. The number of ketones is 1. The van der Waals surface area contributed by atoms with Crippen LogP contribution in [0.25, 0.3) is 16.7 Å². The number of hydrogen-bond donors (Lipinski definition) is 2. The first-order chi connectivity index (χ1) is 11.7. The number of aryl methyl sites for hydroxylation is 1. The molecule has 0 aliphatic heterocycles. The lowest BCUT2D eigenvalue weighted by atomic mass is 10.1. The van der Waals surface area contributed by atoms with E-state index in [2.05, 4.69) is 20.1 Å². The van der Waals surface area contributed by atoms with Crippen molar-refractivity contribution in [2.45, 2.75) is 6.85 Å². The Morgan fingerprint density at radius 3 is 2.91 bits per heavy atom. The Bertz CT molecular complexity index is 991. The van der Waals surface area contributed by atoms with E-state index in [4.69, 9.17) is 14.0 Å². The summed E-state index contributed by atoms with van der Waals surface area (Å²) >= 11 is 0. The lowest BCUT2D eigenvalue weighted by molar-refractivity contribution is -0.131. The van der Waals surface area contributed by atoms with Crippen LogP contribution >= 0.6 is 0 Å². The van der Waals surface area contributed by atoms with Crippen LogP contribution in [0, 0.1) is 6.85 Å². The summed E-state index contributed by atoms with van der Waals surface area (Å²) in [7, 11) is 1.35. The highest BCUT2D eigenvalue weighted by Crippen LogP contribution is 2.31. The summed E-state index contributed by atoms with van der Waals surface area (Å²) in [5, 5.41) is 13.0. The summed E-state index contributed by atoms with van der Waals surface area (Å²) in [6, 6.07) is 0. The molecule has 0 radical (unpaired) electrons. The van der Waals surface area contributed by atoms with Crippen molar-refractivity contribution in [3.05, 3.63) is 30.1 Å². The number of pyridine rings is 1. The topological polar surface area (TPSA) is 123 Å². The van der Waals surface area contributed by atoms with E-state index in [9.17, 15) is 9.59 Å². The van der Waals surface area contributed by atoms with Gasteiger partial charge >= 0.3 is 5.97 Å². The molecule has 9 heteroatoms. The predicted molar refractivity (Wildman–Crippen MR) is 74.3 cm³/mol. The van der Waals surface area contributed by atoms with E-state index in [1.54, 1.807) is 0 Å². The quantitative estimate of drug-likeness (QED) is 0.538. The van der Waals surface area contributed by atoms with E-state index in [-0.39, 0.29) is 33.9 Å². The van der Waals surface area contributed by atoms with Gasteiger partial charge in [0.2, 0.25) is 0 Å². The van der Waals surface area contributed by atoms with Gasteiger partial charge in [-0.05, 0) is 6.85 Å². The Kier molecular flexibility index (Phi) is 2.36. The van der Waals surface area contributed by atoms with Crippen molar-refractivity contribution < 1.29 is 23.5 Å². The smallest absolute Gasteiger partial charge is 0.377 e. The summed E-state index contributed by atoms with van der Waals surface area (Å²) in [4.78, 5) is 33.5. The van der Waals surface area contributed by atoms with Crippen molar-refractivity contribution in [3.63, 3.8) is 0 Å². The van der Waals surface area contributed by atoms with Gasteiger partial charge in [0, 0.05) is 10.3 Å². The molecule has 0 atom stereocenters. The molecule has 0 saturated heterocycles. The number of aliphatic carboxylic acids is 1. The highest BCUT2D eigenvalue weighted by molar-refractivity contribution is 6.42. The molecule has 3 aromatic heterocycles. The number of nitrogens with one attached hydrogen (secondary N) is 1. The molecule has 0 aliphatic carbocycles. The highest BCUT2D eigenvalue weighted by atomic mass is 16.5. The Morgan fingerprint density at radius 1 is 1.45 bits per heavy atom. The molecule has 0 saturated carbocycles. The zero-order chi connectivity index (χ0) is 18.4. The van der Waals surface area contributed by atoms with E-state index >= 15 is 0 Å². The van der Waals surface area contributed by atoms with Crippen molar-refractivity contribution in [1.29, 1.82) is 0 Å². The van der Waals surface area contributed by atoms with E-state index in [1.807, 2.05) is 0 Å². The van der Waals surface area contributed by atoms with Crippen LogP contribution in [0.1, 0.15) is 20.3 Å². The van der Waals surface area contributed by atoms with E-state index in [0.29, 0.717) is 0 Å². The van der Waals surface area contributed by atoms with Crippen LogP contribution in [0.4, 0.5) is 0 Å². The van der Waals surface area contributed by atoms with Crippen LogP contribution in [0.5, 0.6) is 5.75 Å². The van der Waals surface area contributed by atoms with E-state index in [0.717, 1.165) is 11.0 Å². The molecule has 2 N–H and O–H groups in total. The monoisotopic (exact) mass is 304 g/mol. The number of hydrogen-bond acceptors (Lipinski definition) is 6. The summed E-state index contributed by atoms with van der Waals surface area (Å²) in [6.45, 7) is -2.49. The Labute approximate surface area is 127 Å². The molecule has 0 unspecified atom stereocenters. The van der Waals surface area contributed by atoms with Crippen molar-refractivity contribution in [2.75, 3.05) is 7.11 Å². The number of carboxylic acid groups (broad SMARTS) is 1. The van der Waals surface area contributed by atoms with Crippen molar-refractivity contribution >= 4 is 22.7 Å². The maximum atomic E-state index is 11.9. The SMILES string of the molecule is [2H]C([2H])([2H])c1ncn(-c2ncc(OC)c3c(C(=O)C(=O)O)c[nH]c23)n1. The second-order valence-electron chi connectivity index (χ2n) is 4.25. The molecule has 112 valence electrons. The first-order valence-corrected chi connectivity index (χ1v) is 5.98. The average molecular weight is 304 g/mol. The van der Waals surface area contributed by atoms with Gasteiger partial charge in [-0.3, -0.25) is 4.79 Å². The van der Waals surface area contributed by atoms with Crippen molar-refractivity contribution in [1.82, 2.24) is 24.7 Å². The maximum absolute atomic E-state index is 11.9. The third-order valence-electron chi connectivity index (χ3n) is 3.02. The third kappa shape index (κ3) is 1.99. The third-order valence-corrected chi connectivity index (χ3v) is 3.02. The molecular formula is C13H11N5O4. The molecule has 0 bridgehead atoms. The molecular weight excluding hydrogens is 290 g/mol. The fourth-order valence-electron chi connectivity index (χ4n) is 2.09. The van der Waals surface area contributed by atoms with Crippen LogP contribution in [0.15, 0.2) is 18.7 Å². The molecule has 0 aromatic carbocycles. The molecule has 3 heterocycles. The minimum atomic E-state index is -2.49. The Morgan fingerprint density at radius 2 is 2.27 bits per heavy atom. The second-order valence-corrected chi connectivity index (χ2v) is 4.25. The summed E-state index contributed by atoms with van der Waals surface area (Å²) < 4.78 is 28.2. The molecule has 0 fully saturated rings. The standard InChI is InChI=1S/C13H11N5O4/c1-6-16-5-18(17-6)12-10-9(8(22-2)4-15-12)7(3-14-10)11(19)13(20)21/h3-5,14H,1-2H3,(H,20,21)/i1D3. The summed E-state index contributed by atoms with van der Waals surface area (Å²) in [5.41, 5.74) is 0.144. The second kappa shape index (κ2) is 4.95. The number of Topliss-reactive ketones (excluding diaryl/α,β-unsaturated/α-hetero) is 1. The number of carboxylic acids is 1. The molecule has 0 amide bonds. The number of ether oxygens (including phenoxy) is 1. The van der Waals surface area contributed by atoms with Crippen LogP contribution in [0.2, 0.25) is 0 Å². The lowest BCUT2D eigenvalue weighted by Gasteiger charge is -2.06. The summed E-state index contributed by atoms with van der Waals surface area (Å²) in [5.74, 6) is -2.79. The normalized spacial score (nSPS) is 13.4. The molecule has 3 aromatic rings. The number of carbonyl (C=O) groups is 2. The van der Waals surface area contributed by atoms with E-state index in [1.165, 1.54) is 19.5 Å². The minimum Gasteiger partial charge on any atom is -0.494 e. The number of fused-ring (bicyclic) bond motifs is 1. The van der Waals surface area contributed by atoms with Gasteiger partial charge in [0.25, 0.3) is 5.78 Å². The zero-order valence-electron chi connectivity index (χ0n) is 14.2. The minimum absolute atomic E-state index is 0.112. The van der Waals surface area contributed by atoms with Gasteiger partial charge in [-0.2, -0.15) is 5.10 Å². The van der Waals surface area contributed by atoms with Gasteiger partial charge in [-0.15, -0.1) is 0 Å². The predicted octanol–water partition coefficient (Wildman–Crippen LogP) is 0.728. The average Bonchev–Trinajstić information content (AvgIpc) is 3.20. The largest absolute Gasteiger partial charge is 0.494 e. The fourth-order valence-corrected chi connectivity index (χ4v) is 2.09. The first kappa shape index (κ1) is 10.5. The fraction of sp³-hybridized carbons (Fsp3) is 0.154. The van der Waals surface area contributed by atoms with Crippen LogP contribution < -0.4 is 4.74 Å². The molecule has 9 nitrogen and oxygen atoms in total. The number of H-pyrrole nitrogens is 1. The van der Waals surface area contributed by atoms with Crippen LogP contribution in [-0.2, 0) is 4.79 Å². The molecule has 3 rings (SSSR count). The van der Waals surface area contributed by atoms with Gasteiger partial charge in [-0.1, -0.05) is 0 Å². The number of carbonyl (C=O) groups excluding carboxylic acids is 1. The molecule has 22 heavy (non-hydrogen) atoms. The van der Waals surface area contributed by atoms with Gasteiger partial charge < -0.3 is 14.8 Å². The van der Waals surface area contributed by atoms with Gasteiger partial charge in [0.05, 0.1) is 29.8 Å². The highest BCUT2D eigenvalue weighted by Gasteiger charge is 2.24. The van der Waals surface area contributed by atoms with Gasteiger partial charge in [0.15, 0.2) is 5.82 Å². The van der Waals surface area contributed by atoms with Crippen LogP contribution in [-0.4, -0.2) is 48.7 Å². The molecule has 0 aliphatic rings. The molecule has 0 spiro atoms. The zero-order valence-corrected chi connectivity index (χ0v) is 11.2. The first-order valence-electron chi connectivity index (χ1n) is 7.48. The number of aromatic nitrogens is 5. The van der Waals surface area contributed by atoms with Crippen LogP contribution in [0.3, 0.4) is 0 Å². The van der Waals surface area contributed by atoms with Gasteiger partial charge in [0.1, 0.15) is 17.9 Å². The summed E-state index contributed by atoms with van der Waals surface area (Å²) in [6.07, 6.45) is 3.66. The number of aromatic amines is 1. The lowest BCUT2D eigenvalue weighted by Crippen LogP contribution is -2.12.